The predicted molar refractivity (Wildman–Crippen MR) is 112 cm³/mol. The number of carbonyl (C=O) groups is 2. The fourth-order valence-electron chi connectivity index (χ4n) is 3.95. The monoisotopic (exact) mass is 417 g/mol. The van der Waals surface area contributed by atoms with Gasteiger partial charge in [-0.15, -0.1) is 11.3 Å². The molecule has 1 aromatic carbocycles. The number of anilines is 1. The largest absolute Gasteiger partial charge is 0.338 e. The van der Waals surface area contributed by atoms with Crippen LogP contribution in [0, 0.1) is 11.8 Å². The van der Waals surface area contributed by atoms with Crippen LogP contribution in [0.15, 0.2) is 24.3 Å². The van der Waals surface area contributed by atoms with Crippen molar-refractivity contribution in [2.45, 2.75) is 39.0 Å². The van der Waals surface area contributed by atoms with Gasteiger partial charge >= 0.3 is 0 Å². The summed E-state index contributed by atoms with van der Waals surface area (Å²) in [5.74, 6) is 0.396. The molecule has 2 unspecified atom stereocenters. The van der Waals surface area contributed by atoms with Gasteiger partial charge in [-0.2, -0.15) is 0 Å². The molecule has 0 radical (unpaired) electrons. The highest BCUT2D eigenvalue weighted by molar-refractivity contribution is 7.15. The van der Waals surface area contributed by atoms with Crippen LogP contribution < -0.4 is 5.32 Å². The summed E-state index contributed by atoms with van der Waals surface area (Å²) >= 11 is 7.51. The van der Waals surface area contributed by atoms with Gasteiger partial charge in [-0.3, -0.25) is 9.59 Å². The Labute approximate surface area is 174 Å². The number of rotatable bonds is 3. The van der Waals surface area contributed by atoms with Crippen LogP contribution in [0.4, 0.5) is 5.13 Å². The summed E-state index contributed by atoms with van der Waals surface area (Å²) in [5, 5.41) is 4.31. The molecule has 0 spiro atoms. The van der Waals surface area contributed by atoms with Gasteiger partial charge < -0.3 is 10.2 Å². The molecule has 1 saturated heterocycles. The summed E-state index contributed by atoms with van der Waals surface area (Å²) in [6, 6.07) is 6.90. The topological polar surface area (TPSA) is 62.3 Å². The molecule has 4 rings (SSSR count). The van der Waals surface area contributed by atoms with Crippen molar-refractivity contribution >= 4 is 39.9 Å². The van der Waals surface area contributed by atoms with E-state index in [2.05, 4.69) is 17.2 Å². The molecular weight excluding hydrogens is 394 g/mol. The number of benzene rings is 1. The maximum absolute atomic E-state index is 12.8. The minimum absolute atomic E-state index is 0.0345. The van der Waals surface area contributed by atoms with Crippen molar-refractivity contribution in [1.29, 1.82) is 0 Å². The molecule has 148 valence electrons. The van der Waals surface area contributed by atoms with Gasteiger partial charge in [0.25, 0.3) is 5.91 Å². The van der Waals surface area contributed by atoms with Crippen molar-refractivity contribution in [2.75, 3.05) is 18.4 Å². The van der Waals surface area contributed by atoms with E-state index in [1.807, 2.05) is 0 Å². The van der Waals surface area contributed by atoms with Crippen LogP contribution in [-0.2, 0) is 17.6 Å². The van der Waals surface area contributed by atoms with Crippen LogP contribution in [0.3, 0.4) is 0 Å². The third-order valence-electron chi connectivity index (χ3n) is 5.59. The number of aromatic nitrogens is 1. The van der Waals surface area contributed by atoms with Crippen LogP contribution in [0.5, 0.6) is 0 Å². The maximum Gasteiger partial charge on any atom is 0.253 e. The van der Waals surface area contributed by atoms with E-state index in [0.29, 0.717) is 34.7 Å². The summed E-state index contributed by atoms with van der Waals surface area (Å²) in [5.41, 5.74) is 1.74. The van der Waals surface area contributed by atoms with E-state index in [1.165, 1.54) is 4.88 Å². The minimum atomic E-state index is -0.204. The smallest absolute Gasteiger partial charge is 0.253 e. The van der Waals surface area contributed by atoms with E-state index in [-0.39, 0.29) is 17.7 Å². The molecule has 2 heterocycles. The van der Waals surface area contributed by atoms with Gasteiger partial charge in [-0.1, -0.05) is 18.5 Å². The summed E-state index contributed by atoms with van der Waals surface area (Å²) in [7, 11) is 0. The van der Waals surface area contributed by atoms with Crippen molar-refractivity contribution in [2.24, 2.45) is 11.8 Å². The minimum Gasteiger partial charge on any atom is -0.338 e. The Balaban J connectivity index is 1.39. The predicted octanol–water partition coefficient (Wildman–Crippen LogP) is 4.41. The Bertz CT molecular complexity index is 880. The standard InChI is InChI=1S/C21H24ClN3O2S/c1-13-4-9-17-18(11-13)28-21(23-17)24-19(26)15-3-2-10-25(12-15)20(27)14-5-7-16(22)8-6-14/h5-8,13,15H,2-4,9-12H2,1H3,(H,23,24,26). The molecule has 1 N–H and O–H groups in total. The highest BCUT2D eigenvalue weighted by Gasteiger charge is 2.30. The molecule has 2 aromatic rings. The Morgan fingerprint density at radius 2 is 2.04 bits per heavy atom. The zero-order valence-corrected chi connectivity index (χ0v) is 17.5. The number of carbonyl (C=O) groups excluding carboxylic acids is 2. The molecule has 1 aromatic heterocycles. The van der Waals surface area contributed by atoms with Crippen molar-refractivity contribution in [1.82, 2.24) is 9.88 Å². The van der Waals surface area contributed by atoms with Gasteiger partial charge in [0, 0.05) is 28.6 Å². The molecule has 1 aliphatic carbocycles. The second-order valence-electron chi connectivity index (χ2n) is 7.82. The fraction of sp³-hybridized carbons (Fsp3) is 0.476. The third kappa shape index (κ3) is 4.23. The Morgan fingerprint density at radius 3 is 2.82 bits per heavy atom. The summed E-state index contributed by atoms with van der Waals surface area (Å²) in [6.45, 7) is 3.37. The quantitative estimate of drug-likeness (QED) is 0.804. The van der Waals surface area contributed by atoms with E-state index in [4.69, 9.17) is 11.6 Å². The Morgan fingerprint density at radius 1 is 1.25 bits per heavy atom. The first kappa shape index (κ1) is 19.4. The molecule has 2 atom stereocenters. The number of amides is 2. The van der Waals surface area contributed by atoms with Gasteiger partial charge in [0.15, 0.2) is 5.13 Å². The molecule has 2 aliphatic rings. The molecular formula is C21H24ClN3O2S. The Kier molecular flexibility index (Phi) is 5.69. The first-order valence-corrected chi connectivity index (χ1v) is 11.0. The number of fused-ring (bicyclic) bond motifs is 1. The van der Waals surface area contributed by atoms with Crippen molar-refractivity contribution in [3.8, 4) is 0 Å². The molecule has 1 fully saturated rings. The average molecular weight is 418 g/mol. The van der Waals surface area contributed by atoms with Gasteiger partial charge in [0.05, 0.1) is 11.6 Å². The van der Waals surface area contributed by atoms with Gasteiger partial charge in [0.1, 0.15) is 0 Å². The molecule has 28 heavy (non-hydrogen) atoms. The second-order valence-corrected chi connectivity index (χ2v) is 9.34. The van der Waals surface area contributed by atoms with Crippen LogP contribution >= 0.6 is 22.9 Å². The van der Waals surface area contributed by atoms with E-state index < -0.39 is 0 Å². The lowest BCUT2D eigenvalue weighted by Gasteiger charge is -2.32. The number of thiazole rings is 1. The van der Waals surface area contributed by atoms with Gasteiger partial charge in [-0.25, -0.2) is 4.98 Å². The van der Waals surface area contributed by atoms with Gasteiger partial charge in [-0.05, 0) is 62.3 Å². The molecule has 2 amide bonds. The van der Waals surface area contributed by atoms with Crippen LogP contribution in [0.2, 0.25) is 5.02 Å². The molecule has 0 bridgehead atoms. The summed E-state index contributed by atoms with van der Waals surface area (Å²) < 4.78 is 0. The number of hydrogen-bond donors (Lipinski definition) is 1. The number of hydrogen-bond acceptors (Lipinski definition) is 4. The number of nitrogens with one attached hydrogen (secondary N) is 1. The molecule has 1 aliphatic heterocycles. The lowest BCUT2D eigenvalue weighted by Crippen LogP contribution is -2.43. The number of likely N-dealkylation sites (tertiary alicyclic amines) is 1. The van der Waals surface area contributed by atoms with E-state index in [9.17, 15) is 9.59 Å². The lowest BCUT2D eigenvalue weighted by molar-refractivity contribution is -0.121. The molecule has 5 nitrogen and oxygen atoms in total. The van der Waals surface area contributed by atoms with Crippen molar-refractivity contribution < 1.29 is 9.59 Å². The normalized spacial score (nSPS) is 21.9. The lowest BCUT2D eigenvalue weighted by atomic mass is 9.93. The van der Waals surface area contributed by atoms with Crippen LogP contribution in [0.25, 0.3) is 0 Å². The average Bonchev–Trinajstić information content (AvgIpc) is 3.09. The third-order valence-corrected chi connectivity index (χ3v) is 6.87. The van der Waals surface area contributed by atoms with Crippen molar-refractivity contribution in [3.05, 3.63) is 45.4 Å². The first-order chi connectivity index (χ1) is 13.5. The zero-order valence-electron chi connectivity index (χ0n) is 15.9. The number of halogens is 1. The van der Waals surface area contributed by atoms with E-state index in [1.54, 1.807) is 40.5 Å². The number of piperidine rings is 1. The zero-order chi connectivity index (χ0) is 19.7. The van der Waals surface area contributed by atoms with Crippen LogP contribution in [0.1, 0.15) is 47.1 Å². The van der Waals surface area contributed by atoms with E-state index in [0.717, 1.165) is 37.8 Å². The van der Waals surface area contributed by atoms with E-state index >= 15 is 0 Å². The SMILES string of the molecule is CC1CCc2nc(NC(=O)C3CCCN(C(=O)c4ccc(Cl)cc4)C3)sc2C1. The first-order valence-electron chi connectivity index (χ1n) is 9.84. The number of aryl methyl sites for hydroxylation is 1. The summed E-state index contributed by atoms with van der Waals surface area (Å²) in [6.07, 6.45) is 4.82. The molecule has 7 heteroatoms. The maximum atomic E-state index is 12.8. The highest BCUT2D eigenvalue weighted by Crippen LogP contribution is 2.32. The molecule has 0 saturated carbocycles. The number of nitrogens with zero attached hydrogens (tertiary/aromatic N) is 2. The van der Waals surface area contributed by atoms with Gasteiger partial charge in [0.2, 0.25) is 5.91 Å². The van der Waals surface area contributed by atoms with Crippen LogP contribution in [-0.4, -0.2) is 34.8 Å². The summed E-state index contributed by atoms with van der Waals surface area (Å²) in [4.78, 5) is 33.2. The second kappa shape index (κ2) is 8.21. The van der Waals surface area contributed by atoms with Crippen molar-refractivity contribution in [3.63, 3.8) is 0 Å². The fourth-order valence-corrected chi connectivity index (χ4v) is 5.25. The Hall–Kier alpha value is -1.92. The highest BCUT2D eigenvalue weighted by atomic mass is 35.5.